The second kappa shape index (κ2) is 9.88. The van der Waals surface area contributed by atoms with E-state index in [9.17, 15) is 9.59 Å². The second-order valence-electron chi connectivity index (χ2n) is 8.22. The lowest BCUT2D eigenvalue weighted by Crippen LogP contribution is -2.44. The Morgan fingerprint density at radius 1 is 0.879 bits per heavy atom. The van der Waals surface area contributed by atoms with E-state index in [4.69, 9.17) is 9.47 Å². The van der Waals surface area contributed by atoms with Gasteiger partial charge >= 0.3 is 0 Å². The average Bonchev–Trinajstić information content (AvgIpc) is 2.86. The minimum Gasteiger partial charge on any atom is -0.497 e. The number of amides is 2. The Labute approximate surface area is 193 Å². The lowest BCUT2D eigenvalue weighted by atomic mass is 9.73. The maximum Gasteiger partial charge on any atom is 0.255 e. The van der Waals surface area contributed by atoms with E-state index in [0.717, 1.165) is 22.6 Å². The Morgan fingerprint density at radius 3 is 2.18 bits per heavy atom. The van der Waals surface area contributed by atoms with Gasteiger partial charge in [0.2, 0.25) is 5.91 Å². The molecule has 3 aromatic carbocycles. The van der Waals surface area contributed by atoms with Crippen LogP contribution in [0.15, 0.2) is 72.8 Å². The van der Waals surface area contributed by atoms with Gasteiger partial charge in [-0.3, -0.25) is 9.59 Å². The van der Waals surface area contributed by atoms with Gasteiger partial charge in [0, 0.05) is 30.2 Å². The first-order chi connectivity index (χ1) is 16.0. The van der Waals surface area contributed by atoms with Crippen molar-refractivity contribution in [1.82, 2.24) is 0 Å². The Balaban J connectivity index is 1.49. The molecule has 0 spiro atoms. The summed E-state index contributed by atoms with van der Waals surface area (Å²) in [6.07, 6.45) is 1.20. The summed E-state index contributed by atoms with van der Waals surface area (Å²) in [5.74, 6) is 0.482. The van der Waals surface area contributed by atoms with Gasteiger partial charge in [0.25, 0.3) is 5.91 Å². The topological polar surface area (TPSA) is 76.7 Å². The summed E-state index contributed by atoms with van der Waals surface area (Å²) in [5.41, 5.74) is 3.21. The quantitative estimate of drug-likeness (QED) is 0.564. The zero-order chi connectivity index (χ0) is 23.3. The number of hydrogen-bond donors (Lipinski definition) is 2. The fraction of sp³-hybridized carbons (Fsp3) is 0.259. The number of ether oxygens (including phenoxy) is 2. The highest BCUT2D eigenvalue weighted by molar-refractivity contribution is 6.05. The molecule has 170 valence electrons. The van der Waals surface area contributed by atoms with Crippen LogP contribution >= 0.6 is 0 Å². The van der Waals surface area contributed by atoms with Crippen LogP contribution in [0, 0.1) is 6.92 Å². The molecule has 0 bridgehead atoms. The first kappa shape index (κ1) is 22.6. The number of aryl methyl sites for hydroxylation is 1. The normalized spacial score (nSPS) is 14.8. The molecule has 0 saturated carbocycles. The van der Waals surface area contributed by atoms with E-state index < -0.39 is 5.41 Å². The van der Waals surface area contributed by atoms with Crippen molar-refractivity contribution in [3.63, 3.8) is 0 Å². The van der Waals surface area contributed by atoms with Crippen LogP contribution < -0.4 is 15.4 Å². The fourth-order valence-electron chi connectivity index (χ4n) is 4.14. The van der Waals surface area contributed by atoms with E-state index in [1.165, 1.54) is 0 Å². The largest absolute Gasteiger partial charge is 0.497 e. The third-order valence-corrected chi connectivity index (χ3v) is 6.22. The lowest BCUT2D eigenvalue weighted by molar-refractivity contribution is -0.125. The van der Waals surface area contributed by atoms with Gasteiger partial charge < -0.3 is 20.1 Å². The summed E-state index contributed by atoms with van der Waals surface area (Å²) < 4.78 is 10.8. The molecule has 6 heteroatoms. The fourth-order valence-corrected chi connectivity index (χ4v) is 4.14. The van der Waals surface area contributed by atoms with Crippen molar-refractivity contribution < 1.29 is 19.1 Å². The molecule has 1 fully saturated rings. The smallest absolute Gasteiger partial charge is 0.255 e. The van der Waals surface area contributed by atoms with E-state index in [-0.39, 0.29) is 11.8 Å². The molecule has 33 heavy (non-hydrogen) atoms. The number of para-hydroxylation sites is 1. The van der Waals surface area contributed by atoms with Crippen molar-refractivity contribution in [1.29, 1.82) is 0 Å². The highest BCUT2D eigenvalue weighted by atomic mass is 16.5. The van der Waals surface area contributed by atoms with Crippen molar-refractivity contribution in [2.24, 2.45) is 0 Å². The van der Waals surface area contributed by atoms with Crippen molar-refractivity contribution in [3.05, 3.63) is 89.5 Å². The molecule has 1 heterocycles. The molecule has 1 saturated heterocycles. The zero-order valence-electron chi connectivity index (χ0n) is 18.9. The molecule has 1 aliphatic heterocycles. The van der Waals surface area contributed by atoms with Gasteiger partial charge in [-0.05, 0) is 73.4 Å². The van der Waals surface area contributed by atoms with E-state index in [1.807, 2.05) is 55.5 Å². The van der Waals surface area contributed by atoms with Gasteiger partial charge in [0.1, 0.15) is 5.75 Å². The third-order valence-electron chi connectivity index (χ3n) is 6.22. The van der Waals surface area contributed by atoms with Crippen LogP contribution in [-0.4, -0.2) is 32.1 Å². The molecule has 3 aromatic rings. The number of anilines is 2. The lowest BCUT2D eigenvalue weighted by Gasteiger charge is -2.36. The van der Waals surface area contributed by atoms with E-state index in [1.54, 1.807) is 31.4 Å². The van der Waals surface area contributed by atoms with E-state index >= 15 is 0 Å². The predicted octanol–water partition coefficient (Wildman–Crippen LogP) is 4.94. The number of carbonyl (C=O) groups is 2. The van der Waals surface area contributed by atoms with Crippen molar-refractivity contribution in [3.8, 4) is 5.75 Å². The average molecular weight is 445 g/mol. The van der Waals surface area contributed by atoms with E-state index in [0.29, 0.717) is 37.3 Å². The van der Waals surface area contributed by atoms with Gasteiger partial charge in [-0.25, -0.2) is 0 Å². The summed E-state index contributed by atoms with van der Waals surface area (Å²) in [6, 6.07) is 22.2. The summed E-state index contributed by atoms with van der Waals surface area (Å²) in [5, 5.41) is 5.97. The van der Waals surface area contributed by atoms with Gasteiger partial charge in [-0.1, -0.05) is 30.3 Å². The monoisotopic (exact) mass is 444 g/mol. The molecule has 4 rings (SSSR count). The number of methoxy groups -OCH3 is 1. The van der Waals surface area contributed by atoms with Crippen LogP contribution in [0.4, 0.5) is 11.4 Å². The SMILES string of the molecule is COc1ccc(C2(C(=O)Nc3ccc(C(=O)Nc4ccccc4C)cc3)CCOCC2)cc1. The van der Waals surface area contributed by atoms with Crippen LogP contribution in [-0.2, 0) is 14.9 Å². The minimum atomic E-state index is -0.675. The number of carbonyl (C=O) groups excluding carboxylic acids is 2. The predicted molar refractivity (Wildman–Crippen MR) is 129 cm³/mol. The molecule has 1 aliphatic rings. The molecule has 0 aliphatic carbocycles. The van der Waals surface area contributed by atoms with Gasteiger partial charge in [0.15, 0.2) is 0 Å². The first-order valence-corrected chi connectivity index (χ1v) is 11.0. The first-order valence-electron chi connectivity index (χ1n) is 11.0. The van der Waals surface area contributed by atoms with E-state index in [2.05, 4.69) is 10.6 Å². The van der Waals surface area contributed by atoms with Crippen LogP contribution in [0.3, 0.4) is 0 Å². The highest BCUT2D eigenvalue weighted by Crippen LogP contribution is 2.37. The number of rotatable bonds is 6. The molecular weight excluding hydrogens is 416 g/mol. The third kappa shape index (κ3) is 4.91. The molecular formula is C27H28N2O4. The minimum absolute atomic E-state index is 0.0759. The molecule has 0 atom stereocenters. The molecule has 6 nitrogen and oxygen atoms in total. The maximum atomic E-state index is 13.5. The van der Waals surface area contributed by atoms with Gasteiger partial charge in [0.05, 0.1) is 12.5 Å². The Hall–Kier alpha value is -3.64. The number of benzene rings is 3. The van der Waals surface area contributed by atoms with Crippen molar-refractivity contribution in [2.45, 2.75) is 25.2 Å². The van der Waals surface area contributed by atoms with Crippen molar-refractivity contribution >= 4 is 23.2 Å². The summed E-state index contributed by atoms with van der Waals surface area (Å²) in [4.78, 5) is 26.1. The molecule has 2 N–H and O–H groups in total. The number of nitrogens with one attached hydrogen (secondary N) is 2. The molecule has 0 radical (unpaired) electrons. The van der Waals surface area contributed by atoms with Crippen LogP contribution in [0.2, 0.25) is 0 Å². The summed E-state index contributed by atoms with van der Waals surface area (Å²) in [7, 11) is 1.62. The Morgan fingerprint density at radius 2 is 1.55 bits per heavy atom. The van der Waals surface area contributed by atoms with Crippen LogP contribution in [0.25, 0.3) is 0 Å². The standard InChI is InChI=1S/C27H28N2O4/c1-19-5-3-4-6-24(19)29-25(30)20-7-11-22(12-8-20)28-26(31)27(15-17-33-18-16-27)21-9-13-23(32-2)14-10-21/h3-14H,15-18H2,1-2H3,(H,28,31)(H,29,30). The maximum absolute atomic E-state index is 13.5. The Bertz CT molecular complexity index is 1120. The number of hydrogen-bond acceptors (Lipinski definition) is 4. The molecule has 0 unspecified atom stereocenters. The van der Waals surface area contributed by atoms with Crippen molar-refractivity contribution in [2.75, 3.05) is 31.0 Å². The van der Waals surface area contributed by atoms with Crippen LogP contribution in [0.1, 0.15) is 34.3 Å². The second-order valence-corrected chi connectivity index (χ2v) is 8.22. The summed E-state index contributed by atoms with van der Waals surface area (Å²) in [6.45, 7) is 3.00. The highest BCUT2D eigenvalue weighted by Gasteiger charge is 2.41. The summed E-state index contributed by atoms with van der Waals surface area (Å²) >= 11 is 0. The molecule has 2 amide bonds. The van der Waals surface area contributed by atoms with Gasteiger partial charge in [-0.2, -0.15) is 0 Å². The molecule has 0 aromatic heterocycles. The Kier molecular flexibility index (Phi) is 6.75. The zero-order valence-corrected chi connectivity index (χ0v) is 18.9. The van der Waals surface area contributed by atoms with Crippen LogP contribution in [0.5, 0.6) is 5.75 Å². The van der Waals surface area contributed by atoms with Gasteiger partial charge in [-0.15, -0.1) is 0 Å².